The van der Waals surface area contributed by atoms with E-state index in [9.17, 15) is 14.4 Å². The van der Waals surface area contributed by atoms with Crippen molar-refractivity contribution in [2.24, 2.45) is 5.73 Å². The highest BCUT2D eigenvalue weighted by Crippen LogP contribution is 2.29. The maximum atomic E-state index is 12.5. The van der Waals surface area contributed by atoms with Gasteiger partial charge < -0.3 is 20.8 Å². The van der Waals surface area contributed by atoms with Gasteiger partial charge in [-0.25, -0.2) is 0 Å². The van der Waals surface area contributed by atoms with Crippen molar-refractivity contribution in [1.29, 1.82) is 0 Å². The molecule has 4 rings (SSSR count). The fourth-order valence-electron chi connectivity index (χ4n) is 3.36. The Morgan fingerprint density at radius 1 is 0.781 bits per heavy atom. The van der Waals surface area contributed by atoms with Gasteiger partial charge in [0.2, 0.25) is 5.91 Å². The van der Waals surface area contributed by atoms with Gasteiger partial charge >= 0.3 is 0 Å². The van der Waals surface area contributed by atoms with Crippen LogP contribution in [0.15, 0.2) is 83.3 Å². The largest absolute Gasteiger partial charge is 0.451 e. The van der Waals surface area contributed by atoms with Gasteiger partial charge in [-0.3, -0.25) is 14.4 Å². The molecule has 3 aromatic carbocycles. The van der Waals surface area contributed by atoms with Crippen LogP contribution in [0.25, 0.3) is 22.1 Å². The first-order valence-electron chi connectivity index (χ1n) is 10.0. The molecule has 0 fully saturated rings. The summed E-state index contributed by atoms with van der Waals surface area (Å²) in [7, 11) is 0. The first kappa shape index (κ1) is 20.9. The van der Waals surface area contributed by atoms with Crippen LogP contribution in [0.3, 0.4) is 0 Å². The lowest BCUT2D eigenvalue weighted by atomic mass is 10.0. The third-order valence-electron chi connectivity index (χ3n) is 4.98. The Hall–Kier alpha value is -4.39. The summed E-state index contributed by atoms with van der Waals surface area (Å²) < 4.78 is 5.82. The lowest BCUT2D eigenvalue weighted by molar-refractivity contribution is -0.117. The summed E-state index contributed by atoms with van der Waals surface area (Å²) in [6.45, 7) is 0.0485. The molecule has 160 valence electrons. The van der Waals surface area contributed by atoms with E-state index in [0.717, 1.165) is 21.9 Å². The van der Waals surface area contributed by atoms with E-state index < -0.39 is 11.8 Å². The molecule has 4 N–H and O–H groups in total. The van der Waals surface area contributed by atoms with Crippen LogP contribution in [0, 0.1) is 0 Å². The highest BCUT2D eigenvalue weighted by atomic mass is 16.3. The lowest BCUT2D eigenvalue weighted by Gasteiger charge is -2.06. The van der Waals surface area contributed by atoms with Crippen LogP contribution in [0.4, 0.5) is 0 Å². The van der Waals surface area contributed by atoms with E-state index in [2.05, 4.69) is 10.6 Å². The molecule has 0 bridgehead atoms. The van der Waals surface area contributed by atoms with Crippen molar-refractivity contribution in [2.75, 3.05) is 6.54 Å². The SMILES string of the molecule is NC(=O)CNC(=O)c1ccc(CNC(=O)c2ccc(-c3cccc4ccccc34)o2)cc1. The number of hydrogen-bond donors (Lipinski definition) is 3. The Labute approximate surface area is 184 Å². The minimum atomic E-state index is -0.612. The molecular weight excluding hydrogens is 406 g/mol. The van der Waals surface area contributed by atoms with Crippen molar-refractivity contribution in [3.63, 3.8) is 0 Å². The van der Waals surface area contributed by atoms with Crippen molar-refractivity contribution in [3.8, 4) is 11.3 Å². The van der Waals surface area contributed by atoms with Crippen molar-refractivity contribution in [3.05, 3.63) is 95.7 Å². The van der Waals surface area contributed by atoms with E-state index in [4.69, 9.17) is 10.2 Å². The summed E-state index contributed by atoms with van der Waals surface area (Å²) >= 11 is 0. The second kappa shape index (κ2) is 9.18. The summed E-state index contributed by atoms with van der Waals surface area (Å²) in [6, 6.07) is 24.1. The fourth-order valence-corrected chi connectivity index (χ4v) is 3.36. The van der Waals surface area contributed by atoms with Gasteiger partial charge in [0.1, 0.15) is 5.76 Å². The first-order valence-corrected chi connectivity index (χ1v) is 10.0. The number of carbonyl (C=O) groups excluding carboxylic acids is 3. The molecular formula is C25H21N3O4. The van der Waals surface area contributed by atoms with E-state index in [1.807, 2.05) is 42.5 Å². The molecule has 32 heavy (non-hydrogen) atoms. The normalized spacial score (nSPS) is 10.6. The summed E-state index contributed by atoms with van der Waals surface area (Å²) in [4.78, 5) is 35.2. The summed E-state index contributed by atoms with van der Waals surface area (Å²) in [5.74, 6) is -0.497. The molecule has 0 aliphatic rings. The molecule has 0 saturated carbocycles. The number of nitrogens with one attached hydrogen (secondary N) is 2. The maximum absolute atomic E-state index is 12.5. The van der Waals surface area contributed by atoms with Gasteiger partial charge in [0.05, 0.1) is 6.54 Å². The Balaban J connectivity index is 1.39. The second-order valence-electron chi connectivity index (χ2n) is 7.22. The molecule has 0 aliphatic carbocycles. The lowest BCUT2D eigenvalue weighted by Crippen LogP contribution is -2.33. The van der Waals surface area contributed by atoms with Gasteiger partial charge in [-0.15, -0.1) is 0 Å². The van der Waals surface area contributed by atoms with Crippen molar-refractivity contribution >= 4 is 28.5 Å². The van der Waals surface area contributed by atoms with Crippen molar-refractivity contribution in [2.45, 2.75) is 6.54 Å². The van der Waals surface area contributed by atoms with Gasteiger partial charge in [0.15, 0.2) is 5.76 Å². The number of hydrogen-bond acceptors (Lipinski definition) is 4. The maximum Gasteiger partial charge on any atom is 0.287 e. The molecule has 0 radical (unpaired) electrons. The van der Waals surface area contributed by atoms with Gasteiger partial charge in [-0.2, -0.15) is 0 Å². The van der Waals surface area contributed by atoms with Gasteiger partial charge in [0, 0.05) is 17.7 Å². The van der Waals surface area contributed by atoms with Gasteiger partial charge in [0.25, 0.3) is 11.8 Å². The van der Waals surface area contributed by atoms with Crippen LogP contribution in [-0.2, 0) is 11.3 Å². The molecule has 1 aromatic heterocycles. The number of furan rings is 1. The minimum absolute atomic E-state index is 0.218. The predicted octanol–water partition coefficient (Wildman–Crippen LogP) is 3.24. The highest BCUT2D eigenvalue weighted by molar-refractivity contribution is 5.97. The number of primary amides is 1. The van der Waals surface area contributed by atoms with Crippen LogP contribution >= 0.6 is 0 Å². The van der Waals surface area contributed by atoms with E-state index in [1.54, 1.807) is 36.4 Å². The van der Waals surface area contributed by atoms with Crippen LogP contribution < -0.4 is 16.4 Å². The molecule has 0 aliphatic heterocycles. The molecule has 0 spiro atoms. The summed E-state index contributed by atoms with van der Waals surface area (Å²) in [5, 5.41) is 7.38. The minimum Gasteiger partial charge on any atom is -0.451 e. The van der Waals surface area contributed by atoms with E-state index in [-0.39, 0.29) is 24.8 Å². The average Bonchev–Trinajstić information content (AvgIpc) is 3.31. The number of rotatable bonds is 7. The topological polar surface area (TPSA) is 114 Å². The molecule has 1 heterocycles. The Morgan fingerprint density at radius 2 is 1.53 bits per heavy atom. The summed E-state index contributed by atoms with van der Waals surface area (Å²) in [6.07, 6.45) is 0. The van der Waals surface area contributed by atoms with Crippen LogP contribution in [-0.4, -0.2) is 24.3 Å². The third-order valence-corrected chi connectivity index (χ3v) is 4.98. The molecule has 4 aromatic rings. The number of amides is 3. The highest BCUT2D eigenvalue weighted by Gasteiger charge is 2.14. The monoisotopic (exact) mass is 427 g/mol. The number of nitrogens with two attached hydrogens (primary N) is 1. The standard InChI is InChI=1S/C25H21N3O4/c26-23(29)15-28-24(30)18-10-8-16(9-11-18)14-27-25(31)22-13-12-21(32-22)20-7-3-5-17-4-1-2-6-19(17)20/h1-13H,14-15H2,(H2,26,29)(H,27,31)(H,28,30). The third kappa shape index (κ3) is 4.67. The summed E-state index contributed by atoms with van der Waals surface area (Å²) in [5.41, 5.74) is 7.15. The Kier molecular flexibility index (Phi) is 5.98. The molecule has 0 unspecified atom stereocenters. The van der Waals surface area contributed by atoms with E-state index in [0.29, 0.717) is 11.3 Å². The fraction of sp³-hybridized carbons (Fsp3) is 0.0800. The van der Waals surface area contributed by atoms with Gasteiger partial charge in [-0.05, 0) is 40.6 Å². The van der Waals surface area contributed by atoms with Crippen molar-refractivity contribution in [1.82, 2.24) is 10.6 Å². The first-order chi connectivity index (χ1) is 15.5. The van der Waals surface area contributed by atoms with Crippen LogP contribution in [0.1, 0.15) is 26.5 Å². The molecule has 0 saturated heterocycles. The smallest absolute Gasteiger partial charge is 0.287 e. The second-order valence-corrected chi connectivity index (χ2v) is 7.22. The molecule has 7 heteroatoms. The van der Waals surface area contributed by atoms with Crippen LogP contribution in [0.5, 0.6) is 0 Å². The molecule has 7 nitrogen and oxygen atoms in total. The Morgan fingerprint density at radius 3 is 2.31 bits per heavy atom. The molecule has 0 atom stereocenters. The van der Waals surface area contributed by atoms with Crippen LogP contribution in [0.2, 0.25) is 0 Å². The van der Waals surface area contributed by atoms with Crippen molar-refractivity contribution < 1.29 is 18.8 Å². The zero-order valence-corrected chi connectivity index (χ0v) is 17.1. The van der Waals surface area contributed by atoms with E-state index >= 15 is 0 Å². The van der Waals surface area contributed by atoms with E-state index in [1.165, 1.54) is 0 Å². The predicted molar refractivity (Wildman–Crippen MR) is 121 cm³/mol. The average molecular weight is 427 g/mol. The molecule has 3 amide bonds. The number of carbonyl (C=O) groups is 3. The van der Waals surface area contributed by atoms with Gasteiger partial charge in [-0.1, -0.05) is 54.6 Å². The number of benzene rings is 3. The zero-order valence-electron chi connectivity index (χ0n) is 17.1. The zero-order chi connectivity index (χ0) is 22.5. The Bertz CT molecular complexity index is 1290. The quantitative estimate of drug-likeness (QED) is 0.420. The number of fused-ring (bicyclic) bond motifs is 1.